The number of ether oxygens (including phenoxy) is 4. The summed E-state index contributed by atoms with van der Waals surface area (Å²) < 4.78 is 22.7. The summed E-state index contributed by atoms with van der Waals surface area (Å²) in [6, 6.07) is 35.0. The van der Waals surface area contributed by atoms with E-state index in [2.05, 4.69) is 24.0 Å². The minimum Gasteiger partial charge on any atom is -0.493 e. The van der Waals surface area contributed by atoms with Gasteiger partial charge in [-0.15, -0.1) is 0 Å². The van der Waals surface area contributed by atoms with Gasteiger partial charge in [-0.05, 0) is 79.1 Å². The second-order valence-electron chi connectivity index (χ2n) is 12.9. The molecule has 1 aliphatic rings. The second-order valence-corrected chi connectivity index (χ2v) is 12.9. The number of anilines is 1. The Bertz CT molecular complexity index is 2330. The van der Waals surface area contributed by atoms with Gasteiger partial charge in [-0.25, -0.2) is 19.9 Å². The fraction of sp³-hybridized carbons (Fsp3) is 0.178. The number of pyridine rings is 1. The first-order valence-electron chi connectivity index (χ1n) is 18.0. The molecule has 0 radical (unpaired) electrons. The van der Waals surface area contributed by atoms with Crippen LogP contribution in [0.1, 0.15) is 34.9 Å². The molecular formula is C45H41N5O5. The number of amidine groups is 1. The summed E-state index contributed by atoms with van der Waals surface area (Å²) in [6.45, 7) is 4.65. The SMILES string of the molecule is CCc1ccc(CCOc2ccc(-c3cc(-c4ccc(C)cc4)nc(N4C(=O)/C(=C\c5cc(OC)c(OC)c(OC)c5)N=C4c4ccccc4)n3)cc2)nc1. The van der Waals surface area contributed by atoms with E-state index in [1.165, 1.54) is 10.5 Å². The molecule has 1 amide bonds. The van der Waals surface area contributed by atoms with Crippen LogP contribution in [-0.4, -0.2) is 54.6 Å². The van der Waals surface area contributed by atoms with Crippen LogP contribution in [0.2, 0.25) is 0 Å². The minimum absolute atomic E-state index is 0.191. The van der Waals surface area contributed by atoms with Crippen molar-refractivity contribution in [1.82, 2.24) is 15.0 Å². The maximum atomic E-state index is 14.5. The minimum atomic E-state index is -0.387. The fourth-order valence-electron chi connectivity index (χ4n) is 6.19. The molecule has 7 rings (SSSR count). The van der Waals surface area contributed by atoms with Crippen LogP contribution in [0.4, 0.5) is 5.95 Å². The van der Waals surface area contributed by atoms with E-state index in [9.17, 15) is 4.79 Å². The van der Waals surface area contributed by atoms with Crippen LogP contribution in [0, 0.1) is 6.92 Å². The highest BCUT2D eigenvalue weighted by molar-refractivity contribution is 6.32. The number of nitrogens with zero attached hydrogens (tertiary/aromatic N) is 5. The van der Waals surface area contributed by atoms with E-state index in [0.29, 0.717) is 53.1 Å². The second kappa shape index (κ2) is 16.5. The maximum absolute atomic E-state index is 14.5. The van der Waals surface area contributed by atoms with Crippen molar-refractivity contribution in [2.45, 2.75) is 26.7 Å². The number of carbonyl (C=O) groups is 1. The molecule has 0 saturated heterocycles. The third kappa shape index (κ3) is 8.08. The summed E-state index contributed by atoms with van der Waals surface area (Å²) in [6.07, 6.45) is 5.27. The van der Waals surface area contributed by atoms with Gasteiger partial charge in [0, 0.05) is 35.0 Å². The lowest BCUT2D eigenvalue weighted by Crippen LogP contribution is -2.34. The Morgan fingerprint density at radius 2 is 1.38 bits per heavy atom. The van der Waals surface area contributed by atoms with Gasteiger partial charge < -0.3 is 18.9 Å². The third-order valence-corrected chi connectivity index (χ3v) is 9.22. The Balaban J connectivity index is 1.26. The molecule has 6 aromatic rings. The van der Waals surface area contributed by atoms with Gasteiger partial charge in [0.2, 0.25) is 11.7 Å². The zero-order chi connectivity index (χ0) is 38.3. The average molecular weight is 732 g/mol. The number of hydrogen-bond acceptors (Lipinski definition) is 9. The first kappa shape index (κ1) is 36.5. The quantitative estimate of drug-likeness (QED) is 0.109. The number of amides is 1. The van der Waals surface area contributed by atoms with E-state index in [1.807, 2.05) is 98.0 Å². The molecule has 0 bridgehead atoms. The van der Waals surface area contributed by atoms with E-state index >= 15 is 0 Å². The molecule has 0 fully saturated rings. The van der Waals surface area contributed by atoms with Gasteiger partial charge in [0.25, 0.3) is 5.91 Å². The first-order chi connectivity index (χ1) is 26.9. The molecule has 2 aromatic heterocycles. The van der Waals surface area contributed by atoms with Crippen molar-refractivity contribution in [1.29, 1.82) is 0 Å². The standard InChI is InChI=1S/C45H41N5O5/c1-6-30-14-19-35(46-28-30)22-23-55-36-20-17-33(18-21-36)38-27-37(32-15-12-29(2)13-16-32)48-45(49-38)50-43(34-10-8-7-9-11-34)47-39(44(50)51)24-31-25-40(52-3)42(54-5)41(26-31)53-4/h7-21,24-28H,6,22-23H2,1-5H3/b39-24+. The Labute approximate surface area is 320 Å². The van der Waals surface area contributed by atoms with Crippen molar-refractivity contribution in [3.05, 3.63) is 149 Å². The van der Waals surface area contributed by atoms with Crippen LogP contribution in [0.3, 0.4) is 0 Å². The van der Waals surface area contributed by atoms with Gasteiger partial charge in [-0.1, -0.05) is 73.2 Å². The Kier molecular flexibility index (Phi) is 10.9. The van der Waals surface area contributed by atoms with Gasteiger partial charge in [0.1, 0.15) is 11.4 Å². The molecule has 55 heavy (non-hydrogen) atoms. The summed E-state index contributed by atoms with van der Waals surface area (Å²) >= 11 is 0. The van der Waals surface area contributed by atoms with E-state index in [4.69, 9.17) is 33.9 Å². The van der Waals surface area contributed by atoms with Gasteiger partial charge in [0.15, 0.2) is 17.3 Å². The highest BCUT2D eigenvalue weighted by Crippen LogP contribution is 2.39. The zero-order valence-corrected chi connectivity index (χ0v) is 31.4. The van der Waals surface area contributed by atoms with E-state index in [0.717, 1.165) is 40.1 Å². The highest BCUT2D eigenvalue weighted by Gasteiger charge is 2.35. The number of aryl methyl sites for hydroxylation is 2. The number of aliphatic imine (C=N–C) groups is 1. The van der Waals surface area contributed by atoms with Crippen molar-refractivity contribution in [2.75, 3.05) is 32.8 Å². The Hall–Kier alpha value is -6.81. The molecule has 10 nitrogen and oxygen atoms in total. The summed E-state index contributed by atoms with van der Waals surface area (Å²) in [5.41, 5.74) is 7.89. The van der Waals surface area contributed by atoms with Gasteiger partial charge in [-0.2, -0.15) is 0 Å². The molecule has 0 saturated carbocycles. The van der Waals surface area contributed by atoms with Crippen LogP contribution in [0.15, 0.2) is 126 Å². The largest absolute Gasteiger partial charge is 0.493 e. The molecule has 0 N–H and O–H groups in total. The van der Waals surface area contributed by atoms with Crippen molar-refractivity contribution < 1.29 is 23.7 Å². The summed E-state index contributed by atoms with van der Waals surface area (Å²) in [7, 11) is 4.63. The number of rotatable bonds is 13. The lowest BCUT2D eigenvalue weighted by Gasteiger charge is -2.18. The maximum Gasteiger partial charge on any atom is 0.285 e. The summed E-state index contributed by atoms with van der Waals surface area (Å²) in [5, 5.41) is 0. The van der Waals surface area contributed by atoms with Crippen molar-refractivity contribution in [3.8, 4) is 45.5 Å². The van der Waals surface area contributed by atoms with Crippen LogP contribution in [-0.2, 0) is 17.6 Å². The van der Waals surface area contributed by atoms with Gasteiger partial charge in [0.05, 0.1) is 39.3 Å². The lowest BCUT2D eigenvalue weighted by molar-refractivity contribution is -0.113. The summed E-state index contributed by atoms with van der Waals surface area (Å²) in [5.74, 6) is 2.30. The Morgan fingerprint density at radius 1 is 0.727 bits per heavy atom. The normalized spacial score (nSPS) is 13.2. The van der Waals surface area contributed by atoms with Crippen LogP contribution in [0.25, 0.3) is 28.6 Å². The molecule has 1 aliphatic heterocycles. The number of methoxy groups -OCH3 is 3. The fourth-order valence-corrected chi connectivity index (χ4v) is 6.19. The number of carbonyl (C=O) groups excluding carboxylic acids is 1. The smallest absolute Gasteiger partial charge is 0.285 e. The number of aromatic nitrogens is 3. The predicted molar refractivity (Wildman–Crippen MR) is 215 cm³/mol. The van der Waals surface area contributed by atoms with E-state index in [1.54, 1.807) is 39.5 Å². The molecule has 276 valence electrons. The monoisotopic (exact) mass is 731 g/mol. The first-order valence-corrected chi connectivity index (χ1v) is 18.0. The van der Waals surface area contributed by atoms with Crippen molar-refractivity contribution in [3.63, 3.8) is 0 Å². The van der Waals surface area contributed by atoms with Gasteiger partial charge in [-0.3, -0.25) is 9.78 Å². The van der Waals surface area contributed by atoms with Gasteiger partial charge >= 0.3 is 0 Å². The van der Waals surface area contributed by atoms with Crippen LogP contribution < -0.4 is 23.8 Å². The van der Waals surface area contributed by atoms with E-state index in [-0.39, 0.29) is 17.6 Å². The van der Waals surface area contributed by atoms with Crippen molar-refractivity contribution in [2.24, 2.45) is 4.99 Å². The molecular weight excluding hydrogens is 691 g/mol. The number of benzene rings is 4. The van der Waals surface area contributed by atoms with Crippen LogP contribution in [0.5, 0.6) is 23.0 Å². The average Bonchev–Trinajstić information content (AvgIpc) is 3.56. The lowest BCUT2D eigenvalue weighted by atomic mass is 10.1. The molecule has 4 aromatic carbocycles. The Morgan fingerprint density at radius 3 is 1.96 bits per heavy atom. The molecule has 0 unspecified atom stereocenters. The van der Waals surface area contributed by atoms with Crippen molar-refractivity contribution >= 4 is 23.8 Å². The topological polar surface area (TPSA) is 108 Å². The number of hydrogen-bond donors (Lipinski definition) is 0. The molecule has 0 atom stereocenters. The molecule has 3 heterocycles. The third-order valence-electron chi connectivity index (χ3n) is 9.22. The summed E-state index contributed by atoms with van der Waals surface area (Å²) in [4.78, 5) is 35.4. The highest BCUT2D eigenvalue weighted by atomic mass is 16.5. The zero-order valence-electron chi connectivity index (χ0n) is 31.4. The predicted octanol–water partition coefficient (Wildman–Crippen LogP) is 8.56. The molecule has 10 heteroatoms. The molecule has 0 spiro atoms. The molecule has 0 aliphatic carbocycles. The van der Waals surface area contributed by atoms with Crippen LogP contribution >= 0.6 is 0 Å². The van der Waals surface area contributed by atoms with E-state index < -0.39 is 0 Å².